The first kappa shape index (κ1) is 27.2. The van der Waals surface area contributed by atoms with Gasteiger partial charge in [-0.25, -0.2) is 13.4 Å². The molecule has 0 bridgehead atoms. The first-order valence-corrected chi connectivity index (χ1v) is 16.8. The van der Waals surface area contributed by atoms with Crippen LogP contribution >= 0.6 is 0 Å². The molecule has 5 nitrogen and oxygen atoms in total. The average Bonchev–Trinajstić information content (AvgIpc) is 3.28. The molecule has 5 saturated carbocycles. The van der Waals surface area contributed by atoms with Crippen LogP contribution in [0.5, 0.6) is 0 Å². The molecule has 0 aliphatic heterocycles. The molecule has 10 atom stereocenters. The molecule has 5 aliphatic carbocycles. The largest absolute Gasteiger partial charge is 0.396 e. The summed E-state index contributed by atoms with van der Waals surface area (Å²) in [7, 11) is -3.59. The number of aliphatic hydroxyl groups excluding tert-OH is 2. The Morgan fingerprint density at radius 2 is 1.63 bits per heavy atom. The second-order valence-electron chi connectivity index (χ2n) is 15.4. The number of nitrogens with zero attached hydrogens (tertiary/aromatic N) is 1. The molecule has 0 amide bonds. The number of rotatable bonds is 3. The van der Waals surface area contributed by atoms with Crippen LogP contribution in [0.4, 0.5) is 0 Å². The lowest BCUT2D eigenvalue weighted by atomic mass is 9.32. The van der Waals surface area contributed by atoms with Crippen molar-refractivity contribution in [3.05, 3.63) is 24.4 Å². The van der Waals surface area contributed by atoms with Gasteiger partial charge in [-0.3, -0.25) is 0 Å². The molecule has 1 aromatic rings. The van der Waals surface area contributed by atoms with E-state index in [4.69, 9.17) is 0 Å². The quantitative estimate of drug-likeness (QED) is 0.485. The van der Waals surface area contributed by atoms with Crippen LogP contribution in [-0.4, -0.2) is 41.6 Å². The predicted molar refractivity (Wildman–Crippen MR) is 149 cm³/mol. The fourth-order valence-corrected chi connectivity index (χ4v) is 14.0. The summed E-state index contributed by atoms with van der Waals surface area (Å²) >= 11 is 0. The van der Waals surface area contributed by atoms with Crippen molar-refractivity contribution in [2.24, 2.45) is 50.7 Å². The summed E-state index contributed by atoms with van der Waals surface area (Å²) in [6.45, 7) is 12.2. The molecular formula is C32H49NO4S. The van der Waals surface area contributed by atoms with Gasteiger partial charge in [0.05, 0.1) is 11.4 Å². The molecule has 212 valence electrons. The highest BCUT2D eigenvalue weighted by atomic mass is 32.2. The molecule has 38 heavy (non-hydrogen) atoms. The standard InChI is InChI=1S/C32H49NO4S/c1-28(2)23-12-15-31(5)24(29(23,3)14-13-25(28)35)10-9-21-27-22(38(36,37)26-8-6-7-19-33-26)11-16-32(27,20-34)18-17-30(21,31)4/h6-8,19,21-25,27,34-35H,9-18,20H2,1-5H3/t21-,22-,23+,24-,25+,27+,29+,30-,31-,32-/m1/s1. The highest BCUT2D eigenvalue weighted by Gasteiger charge is 2.71. The molecule has 0 saturated heterocycles. The minimum absolute atomic E-state index is 0.0221. The molecule has 6 rings (SSSR count). The molecule has 0 spiro atoms. The topological polar surface area (TPSA) is 87.5 Å². The van der Waals surface area contributed by atoms with Gasteiger partial charge in [-0.2, -0.15) is 0 Å². The van der Waals surface area contributed by atoms with Crippen molar-refractivity contribution in [3.63, 3.8) is 0 Å². The molecule has 5 aliphatic rings. The highest BCUT2D eigenvalue weighted by molar-refractivity contribution is 7.92. The van der Waals surface area contributed by atoms with Crippen molar-refractivity contribution in [3.8, 4) is 0 Å². The van der Waals surface area contributed by atoms with E-state index in [1.54, 1.807) is 24.4 Å². The van der Waals surface area contributed by atoms with Crippen LogP contribution in [0.25, 0.3) is 0 Å². The van der Waals surface area contributed by atoms with Crippen LogP contribution in [0.1, 0.15) is 98.8 Å². The van der Waals surface area contributed by atoms with Crippen molar-refractivity contribution >= 4 is 9.84 Å². The molecule has 0 unspecified atom stereocenters. The van der Waals surface area contributed by atoms with Crippen molar-refractivity contribution < 1.29 is 18.6 Å². The minimum Gasteiger partial charge on any atom is -0.396 e. The first-order valence-electron chi connectivity index (χ1n) is 15.2. The summed E-state index contributed by atoms with van der Waals surface area (Å²) in [4.78, 5) is 4.28. The van der Waals surface area contributed by atoms with Crippen LogP contribution in [0, 0.1) is 50.7 Å². The Bertz CT molecular complexity index is 1190. The number of sulfone groups is 1. The Morgan fingerprint density at radius 3 is 2.32 bits per heavy atom. The molecular weight excluding hydrogens is 494 g/mol. The van der Waals surface area contributed by atoms with E-state index in [1.807, 2.05) is 0 Å². The summed E-state index contributed by atoms with van der Waals surface area (Å²) in [5.41, 5.74) is -0.00100. The zero-order valence-electron chi connectivity index (χ0n) is 24.1. The number of aliphatic hydroxyl groups is 2. The van der Waals surface area contributed by atoms with Crippen molar-refractivity contribution in [2.45, 2.75) is 115 Å². The normalized spacial score (nSPS) is 49.9. The van der Waals surface area contributed by atoms with Gasteiger partial charge in [0, 0.05) is 12.8 Å². The van der Waals surface area contributed by atoms with E-state index < -0.39 is 15.1 Å². The molecule has 0 aromatic carbocycles. The predicted octanol–water partition coefficient (Wildman–Crippen LogP) is 6.04. The molecule has 6 heteroatoms. The molecule has 1 heterocycles. The van der Waals surface area contributed by atoms with Gasteiger partial charge in [0.2, 0.25) is 0 Å². The molecule has 0 radical (unpaired) electrons. The maximum Gasteiger partial charge on any atom is 0.198 e. The fraction of sp³-hybridized carbons (Fsp3) is 0.844. The van der Waals surface area contributed by atoms with E-state index in [0.29, 0.717) is 18.3 Å². The van der Waals surface area contributed by atoms with Gasteiger partial charge in [0.1, 0.15) is 0 Å². The van der Waals surface area contributed by atoms with E-state index >= 15 is 0 Å². The summed E-state index contributed by atoms with van der Waals surface area (Å²) in [6, 6.07) is 5.19. The van der Waals surface area contributed by atoms with Gasteiger partial charge < -0.3 is 10.2 Å². The zero-order chi connectivity index (χ0) is 27.4. The number of fused-ring (bicyclic) bond motifs is 7. The Morgan fingerprint density at radius 1 is 0.868 bits per heavy atom. The van der Waals surface area contributed by atoms with Crippen molar-refractivity contribution in [1.29, 1.82) is 0 Å². The van der Waals surface area contributed by atoms with E-state index in [9.17, 15) is 18.6 Å². The molecule has 5 fully saturated rings. The van der Waals surface area contributed by atoms with Crippen LogP contribution in [-0.2, 0) is 9.84 Å². The summed E-state index contributed by atoms with van der Waals surface area (Å²) in [5, 5.41) is 21.5. The number of hydrogen-bond donors (Lipinski definition) is 2. The van der Waals surface area contributed by atoms with Gasteiger partial charge in [-0.15, -0.1) is 0 Å². The SMILES string of the molecule is CC1(C)[C@@H](O)CC[C@]2(C)[C@H]3CC[C@@H]4[C@H]5[C@H](S(=O)(=O)c6ccccn6)CC[C@]5(CO)CC[C@@]4(C)[C@]3(C)CC[C@@H]12. The maximum absolute atomic E-state index is 14.1. The maximum atomic E-state index is 14.1. The fourth-order valence-electron chi connectivity index (χ4n) is 11.9. The van der Waals surface area contributed by atoms with Gasteiger partial charge in [0.25, 0.3) is 0 Å². The lowest BCUT2D eigenvalue weighted by molar-refractivity contribution is -0.247. The number of hydrogen-bond acceptors (Lipinski definition) is 5. The van der Waals surface area contributed by atoms with Crippen molar-refractivity contribution in [1.82, 2.24) is 4.98 Å². The van der Waals surface area contributed by atoms with Gasteiger partial charge in [-0.05, 0) is 127 Å². The number of pyridine rings is 1. The third-order valence-corrected chi connectivity index (χ3v) is 16.3. The second kappa shape index (κ2) is 8.52. The summed E-state index contributed by atoms with van der Waals surface area (Å²) in [5.74, 6) is 1.36. The van der Waals surface area contributed by atoms with E-state index in [0.717, 1.165) is 57.8 Å². The third kappa shape index (κ3) is 3.29. The van der Waals surface area contributed by atoms with Gasteiger partial charge in [-0.1, -0.05) is 40.7 Å². The second-order valence-corrected chi connectivity index (χ2v) is 17.5. The highest BCUT2D eigenvalue weighted by Crippen LogP contribution is 2.77. The number of aromatic nitrogens is 1. The van der Waals surface area contributed by atoms with E-state index in [-0.39, 0.29) is 56.6 Å². The zero-order valence-corrected chi connectivity index (χ0v) is 24.9. The van der Waals surface area contributed by atoms with Gasteiger partial charge >= 0.3 is 0 Å². The smallest absolute Gasteiger partial charge is 0.198 e. The monoisotopic (exact) mass is 543 g/mol. The Hall–Kier alpha value is -0.980. The van der Waals surface area contributed by atoms with E-state index in [1.165, 1.54) is 0 Å². The van der Waals surface area contributed by atoms with Gasteiger partial charge in [0.15, 0.2) is 14.9 Å². The first-order chi connectivity index (χ1) is 17.8. The Labute approximate surface area is 230 Å². The van der Waals surface area contributed by atoms with Crippen molar-refractivity contribution in [2.75, 3.05) is 6.61 Å². The average molecular weight is 544 g/mol. The van der Waals surface area contributed by atoms with Crippen LogP contribution < -0.4 is 0 Å². The van der Waals surface area contributed by atoms with Crippen LogP contribution in [0.3, 0.4) is 0 Å². The Balaban J connectivity index is 1.41. The van der Waals surface area contributed by atoms with Crippen LogP contribution in [0.2, 0.25) is 0 Å². The van der Waals surface area contributed by atoms with Crippen LogP contribution in [0.15, 0.2) is 29.4 Å². The lowest BCUT2D eigenvalue weighted by Crippen LogP contribution is -2.67. The molecule has 1 aromatic heterocycles. The third-order valence-electron chi connectivity index (χ3n) is 14.2. The summed E-state index contributed by atoms with van der Waals surface area (Å²) in [6.07, 6.45) is 11.2. The minimum atomic E-state index is -3.59. The lowest BCUT2D eigenvalue weighted by Gasteiger charge is -2.72. The van der Waals surface area contributed by atoms with E-state index in [2.05, 4.69) is 39.6 Å². The Kier molecular flexibility index (Phi) is 6.10. The summed E-state index contributed by atoms with van der Waals surface area (Å²) < 4.78 is 28.1. The molecule has 2 N–H and O–H groups in total.